The standard InChI is InChI=1S/C17H32N2O/c1-12-6-17(7-12)19-10-15(13(2)20)8-16(11-19)18-9-14-4-3-5-14/h12-18,20H,3-11H2,1-2H3. The van der Waals surface area contributed by atoms with Crippen molar-refractivity contribution in [1.82, 2.24) is 10.2 Å². The highest BCUT2D eigenvalue weighted by Crippen LogP contribution is 2.34. The molecule has 0 radical (unpaired) electrons. The van der Waals surface area contributed by atoms with Crippen LogP contribution < -0.4 is 5.32 Å². The molecule has 0 aromatic rings. The minimum atomic E-state index is -0.164. The molecule has 3 atom stereocenters. The van der Waals surface area contributed by atoms with Crippen LogP contribution >= 0.6 is 0 Å². The van der Waals surface area contributed by atoms with Gasteiger partial charge in [-0.15, -0.1) is 0 Å². The molecule has 2 saturated carbocycles. The van der Waals surface area contributed by atoms with Gasteiger partial charge in [-0.1, -0.05) is 13.3 Å². The van der Waals surface area contributed by atoms with Gasteiger partial charge in [-0.3, -0.25) is 4.90 Å². The van der Waals surface area contributed by atoms with Crippen LogP contribution in [0.4, 0.5) is 0 Å². The average Bonchev–Trinajstić information content (AvgIpc) is 2.32. The summed E-state index contributed by atoms with van der Waals surface area (Å²) in [4.78, 5) is 2.67. The Morgan fingerprint density at radius 3 is 2.50 bits per heavy atom. The topological polar surface area (TPSA) is 35.5 Å². The summed E-state index contributed by atoms with van der Waals surface area (Å²) in [6.07, 6.45) is 7.99. The molecule has 1 saturated heterocycles. The summed E-state index contributed by atoms with van der Waals surface area (Å²) in [6, 6.07) is 1.39. The first-order valence-corrected chi connectivity index (χ1v) is 8.77. The summed E-state index contributed by atoms with van der Waals surface area (Å²) >= 11 is 0. The van der Waals surface area contributed by atoms with Gasteiger partial charge in [0, 0.05) is 25.2 Å². The average molecular weight is 280 g/mol. The lowest BCUT2D eigenvalue weighted by atomic mass is 9.78. The zero-order valence-electron chi connectivity index (χ0n) is 13.2. The number of rotatable bonds is 5. The molecule has 1 heterocycles. The Balaban J connectivity index is 1.52. The molecule has 0 bridgehead atoms. The summed E-state index contributed by atoms with van der Waals surface area (Å²) < 4.78 is 0. The van der Waals surface area contributed by atoms with E-state index in [1.165, 1.54) is 45.2 Å². The molecule has 2 N–H and O–H groups in total. The van der Waals surface area contributed by atoms with Crippen LogP contribution in [-0.2, 0) is 0 Å². The molecule has 116 valence electrons. The van der Waals surface area contributed by atoms with Crippen LogP contribution in [0.5, 0.6) is 0 Å². The first kappa shape index (κ1) is 14.8. The Bertz CT molecular complexity index is 310. The molecule has 1 aliphatic heterocycles. The Morgan fingerprint density at radius 1 is 1.20 bits per heavy atom. The molecule has 3 rings (SSSR count). The number of aliphatic hydroxyl groups excluding tert-OH is 1. The lowest BCUT2D eigenvalue weighted by Gasteiger charge is -2.48. The second-order valence-electron chi connectivity index (χ2n) is 7.82. The zero-order chi connectivity index (χ0) is 14.1. The van der Waals surface area contributed by atoms with E-state index in [0.717, 1.165) is 30.8 Å². The summed E-state index contributed by atoms with van der Waals surface area (Å²) in [6.45, 7) is 7.84. The van der Waals surface area contributed by atoms with E-state index in [1.807, 2.05) is 6.92 Å². The highest BCUT2D eigenvalue weighted by atomic mass is 16.3. The zero-order valence-corrected chi connectivity index (χ0v) is 13.2. The van der Waals surface area contributed by atoms with Crippen LogP contribution in [0.25, 0.3) is 0 Å². The predicted octanol–water partition coefficient (Wildman–Crippen LogP) is 2.25. The van der Waals surface area contributed by atoms with Gasteiger partial charge in [-0.05, 0) is 63.3 Å². The largest absolute Gasteiger partial charge is 0.393 e. The third-order valence-electron chi connectivity index (χ3n) is 5.98. The van der Waals surface area contributed by atoms with Crippen molar-refractivity contribution in [3.05, 3.63) is 0 Å². The first-order chi connectivity index (χ1) is 9.61. The predicted molar refractivity (Wildman–Crippen MR) is 82.7 cm³/mol. The molecule has 3 aliphatic rings. The van der Waals surface area contributed by atoms with E-state index < -0.39 is 0 Å². The highest BCUT2D eigenvalue weighted by Gasteiger charge is 2.37. The van der Waals surface area contributed by atoms with Gasteiger partial charge in [0.25, 0.3) is 0 Å². The van der Waals surface area contributed by atoms with Gasteiger partial charge in [-0.25, -0.2) is 0 Å². The number of nitrogens with one attached hydrogen (secondary N) is 1. The summed E-state index contributed by atoms with van der Waals surface area (Å²) in [5.74, 6) is 2.30. The first-order valence-electron chi connectivity index (χ1n) is 8.77. The van der Waals surface area contributed by atoms with Gasteiger partial charge in [-0.2, -0.15) is 0 Å². The fourth-order valence-electron chi connectivity index (χ4n) is 4.16. The normalized spacial score (nSPS) is 41.0. The minimum Gasteiger partial charge on any atom is -0.393 e. The monoisotopic (exact) mass is 280 g/mol. The number of piperidine rings is 1. The maximum Gasteiger partial charge on any atom is 0.0553 e. The molecule has 0 amide bonds. The molecule has 0 aromatic carbocycles. The number of aliphatic hydroxyl groups is 1. The van der Waals surface area contributed by atoms with E-state index in [2.05, 4.69) is 17.1 Å². The van der Waals surface area contributed by atoms with Crippen LogP contribution in [0.1, 0.15) is 52.4 Å². The van der Waals surface area contributed by atoms with E-state index in [1.54, 1.807) is 0 Å². The van der Waals surface area contributed by atoms with Crippen molar-refractivity contribution < 1.29 is 5.11 Å². The SMILES string of the molecule is CC1CC(N2CC(NCC3CCC3)CC(C(C)O)C2)C1. The Hall–Kier alpha value is -0.120. The van der Waals surface area contributed by atoms with Crippen LogP contribution in [-0.4, -0.2) is 47.8 Å². The van der Waals surface area contributed by atoms with E-state index >= 15 is 0 Å². The van der Waals surface area contributed by atoms with Gasteiger partial charge in [0.2, 0.25) is 0 Å². The fraction of sp³-hybridized carbons (Fsp3) is 1.00. The molecule has 3 fully saturated rings. The van der Waals surface area contributed by atoms with Crippen molar-refractivity contribution in [3.63, 3.8) is 0 Å². The third kappa shape index (κ3) is 3.37. The van der Waals surface area contributed by atoms with E-state index in [4.69, 9.17) is 0 Å². The third-order valence-corrected chi connectivity index (χ3v) is 5.98. The second kappa shape index (κ2) is 6.33. The quantitative estimate of drug-likeness (QED) is 0.811. The maximum atomic E-state index is 10.0. The highest BCUT2D eigenvalue weighted by molar-refractivity contribution is 4.93. The molecule has 2 aliphatic carbocycles. The van der Waals surface area contributed by atoms with Crippen LogP contribution in [0.3, 0.4) is 0 Å². The summed E-state index contributed by atoms with van der Waals surface area (Å²) in [5, 5.41) is 13.8. The molecular weight excluding hydrogens is 248 g/mol. The Kier molecular flexibility index (Phi) is 4.68. The van der Waals surface area contributed by atoms with Crippen molar-refractivity contribution in [2.24, 2.45) is 17.8 Å². The van der Waals surface area contributed by atoms with E-state index in [0.29, 0.717) is 12.0 Å². The molecule has 3 heteroatoms. The molecular formula is C17H32N2O. The van der Waals surface area contributed by atoms with Crippen LogP contribution in [0.15, 0.2) is 0 Å². The fourth-order valence-corrected chi connectivity index (χ4v) is 4.16. The smallest absolute Gasteiger partial charge is 0.0553 e. The van der Waals surface area contributed by atoms with Crippen molar-refractivity contribution in [2.45, 2.75) is 70.6 Å². The van der Waals surface area contributed by atoms with Gasteiger partial charge in [0.1, 0.15) is 0 Å². The Morgan fingerprint density at radius 2 is 1.95 bits per heavy atom. The lowest BCUT2D eigenvalue weighted by Crippen LogP contribution is -2.57. The second-order valence-corrected chi connectivity index (χ2v) is 7.82. The van der Waals surface area contributed by atoms with Crippen molar-refractivity contribution >= 4 is 0 Å². The van der Waals surface area contributed by atoms with Gasteiger partial charge < -0.3 is 10.4 Å². The van der Waals surface area contributed by atoms with Crippen molar-refractivity contribution in [3.8, 4) is 0 Å². The number of hydrogen-bond acceptors (Lipinski definition) is 3. The van der Waals surface area contributed by atoms with Crippen molar-refractivity contribution in [2.75, 3.05) is 19.6 Å². The maximum absolute atomic E-state index is 10.0. The number of hydrogen-bond donors (Lipinski definition) is 2. The van der Waals surface area contributed by atoms with Crippen LogP contribution in [0.2, 0.25) is 0 Å². The number of nitrogens with zero attached hydrogens (tertiary/aromatic N) is 1. The molecule has 0 aromatic heterocycles. The van der Waals surface area contributed by atoms with Crippen LogP contribution in [0, 0.1) is 17.8 Å². The molecule has 3 unspecified atom stereocenters. The molecule has 20 heavy (non-hydrogen) atoms. The minimum absolute atomic E-state index is 0.164. The Labute approximate surface area is 124 Å². The summed E-state index contributed by atoms with van der Waals surface area (Å²) in [5.41, 5.74) is 0. The van der Waals surface area contributed by atoms with Gasteiger partial charge >= 0.3 is 0 Å². The summed E-state index contributed by atoms with van der Waals surface area (Å²) in [7, 11) is 0. The van der Waals surface area contributed by atoms with Gasteiger partial charge in [0.05, 0.1) is 6.10 Å². The van der Waals surface area contributed by atoms with Crippen molar-refractivity contribution in [1.29, 1.82) is 0 Å². The molecule has 3 nitrogen and oxygen atoms in total. The van der Waals surface area contributed by atoms with E-state index in [9.17, 15) is 5.11 Å². The lowest BCUT2D eigenvalue weighted by molar-refractivity contribution is -0.00383. The molecule has 0 spiro atoms. The van der Waals surface area contributed by atoms with E-state index in [-0.39, 0.29) is 6.10 Å². The number of likely N-dealkylation sites (tertiary alicyclic amines) is 1. The van der Waals surface area contributed by atoms with Gasteiger partial charge in [0.15, 0.2) is 0 Å².